The van der Waals surface area contributed by atoms with Gasteiger partial charge in [0.2, 0.25) is 5.91 Å². The summed E-state index contributed by atoms with van der Waals surface area (Å²) in [5, 5.41) is 3.41. The second-order valence-electron chi connectivity index (χ2n) is 5.99. The van der Waals surface area contributed by atoms with Gasteiger partial charge >= 0.3 is 0 Å². The standard InChI is InChI=1S/C19H16Cl2N4O2S/c1-24(11-17(26)23-12-7-8-14(20)15(21)9-12)18(27)16-10-22-19(28)25(16)13-5-3-2-4-6-13/h2-10H,11H2,1H3,(H,22,28)(H,23,26). The van der Waals surface area contributed by atoms with Crippen LogP contribution in [0.4, 0.5) is 5.69 Å². The molecule has 1 heterocycles. The van der Waals surface area contributed by atoms with Crippen LogP contribution < -0.4 is 5.32 Å². The largest absolute Gasteiger partial charge is 0.336 e. The van der Waals surface area contributed by atoms with Gasteiger partial charge in [-0.2, -0.15) is 0 Å². The topological polar surface area (TPSA) is 70.1 Å². The molecule has 0 radical (unpaired) electrons. The van der Waals surface area contributed by atoms with Crippen molar-refractivity contribution in [3.05, 3.63) is 75.2 Å². The maximum absolute atomic E-state index is 12.9. The van der Waals surface area contributed by atoms with Crippen molar-refractivity contribution >= 4 is 52.9 Å². The Kier molecular flexibility index (Phi) is 6.18. The van der Waals surface area contributed by atoms with Gasteiger partial charge < -0.3 is 15.2 Å². The number of anilines is 1. The van der Waals surface area contributed by atoms with Gasteiger partial charge in [0.05, 0.1) is 16.6 Å². The van der Waals surface area contributed by atoms with Crippen molar-refractivity contribution in [2.75, 3.05) is 18.9 Å². The second-order valence-corrected chi connectivity index (χ2v) is 7.19. The molecule has 3 aromatic rings. The van der Waals surface area contributed by atoms with E-state index < -0.39 is 0 Å². The molecule has 2 N–H and O–H groups in total. The van der Waals surface area contributed by atoms with Gasteiger partial charge in [-0.25, -0.2) is 0 Å². The predicted octanol–water partition coefficient (Wildman–Crippen LogP) is 4.55. The Morgan fingerprint density at radius 2 is 1.86 bits per heavy atom. The lowest BCUT2D eigenvalue weighted by atomic mass is 10.3. The smallest absolute Gasteiger partial charge is 0.272 e. The van der Waals surface area contributed by atoms with E-state index in [-0.39, 0.29) is 18.4 Å². The first-order valence-electron chi connectivity index (χ1n) is 8.23. The highest BCUT2D eigenvalue weighted by Gasteiger charge is 2.20. The molecule has 0 unspecified atom stereocenters. The summed E-state index contributed by atoms with van der Waals surface area (Å²) in [4.78, 5) is 29.3. The fourth-order valence-corrected chi connectivity index (χ4v) is 3.18. The van der Waals surface area contributed by atoms with Crippen LogP contribution in [0.2, 0.25) is 10.0 Å². The number of nitrogens with one attached hydrogen (secondary N) is 2. The Morgan fingerprint density at radius 1 is 1.14 bits per heavy atom. The number of para-hydroxylation sites is 1. The van der Waals surface area contributed by atoms with Gasteiger partial charge in [0.15, 0.2) is 4.77 Å². The number of H-pyrrole nitrogens is 1. The molecular formula is C19H16Cl2N4O2S. The Hall–Kier alpha value is -2.61. The van der Waals surface area contributed by atoms with Gasteiger partial charge in [0.25, 0.3) is 5.91 Å². The Labute approximate surface area is 176 Å². The lowest BCUT2D eigenvalue weighted by Crippen LogP contribution is -2.35. The maximum Gasteiger partial charge on any atom is 0.272 e. The Balaban J connectivity index is 1.74. The highest BCUT2D eigenvalue weighted by atomic mass is 35.5. The molecule has 28 heavy (non-hydrogen) atoms. The number of hydrogen-bond acceptors (Lipinski definition) is 3. The zero-order chi connectivity index (χ0) is 20.3. The number of likely N-dealkylation sites (N-methyl/N-ethyl adjacent to an activating group) is 1. The fourth-order valence-electron chi connectivity index (χ4n) is 2.62. The van der Waals surface area contributed by atoms with Crippen LogP contribution >= 0.6 is 35.4 Å². The summed E-state index contributed by atoms with van der Waals surface area (Å²) in [5.41, 5.74) is 1.58. The number of rotatable bonds is 5. The van der Waals surface area contributed by atoms with Gasteiger partial charge in [-0.1, -0.05) is 41.4 Å². The molecule has 3 rings (SSSR count). The third-order valence-corrected chi connectivity index (χ3v) is 4.98. The highest BCUT2D eigenvalue weighted by molar-refractivity contribution is 7.71. The number of aromatic amines is 1. The zero-order valence-electron chi connectivity index (χ0n) is 14.8. The van der Waals surface area contributed by atoms with Crippen molar-refractivity contribution in [2.24, 2.45) is 0 Å². The number of benzene rings is 2. The van der Waals surface area contributed by atoms with Crippen molar-refractivity contribution < 1.29 is 9.59 Å². The van der Waals surface area contributed by atoms with Crippen LogP contribution in [0.3, 0.4) is 0 Å². The maximum atomic E-state index is 12.9. The van der Waals surface area contributed by atoms with E-state index in [1.807, 2.05) is 30.3 Å². The first kappa shape index (κ1) is 20.1. The number of hydrogen-bond donors (Lipinski definition) is 2. The molecule has 0 saturated carbocycles. The lowest BCUT2D eigenvalue weighted by molar-refractivity contribution is -0.116. The first-order valence-corrected chi connectivity index (χ1v) is 9.39. The van der Waals surface area contributed by atoms with Crippen LogP contribution in [0.15, 0.2) is 54.7 Å². The van der Waals surface area contributed by atoms with Crippen LogP contribution in [0.5, 0.6) is 0 Å². The minimum atomic E-state index is -0.366. The molecule has 0 aliphatic carbocycles. The molecule has 0 bridgehead atoms. The number of imidazole rings is 1. The summed E-state index contributed by atoms with van der Waals surface area (Å²) in [6.07, 6.45) is 1.53. The molecule has 0 atom stereocenters. The van der Waals surface area contributed by atoms with Crippen molar-refractivity contribution in [1.29, 1.82) is 0 Å². The fraction of sp³-hybridized carbons (Fsp3) is 0.105. The van der Waals surface area contributed by atoms with E-state index in [2.05, 4.69) is 10.3 Å². The van der Waals surface area contributed by atoms with Crippen molar-refractivity contribution in [2.45, 2.75) is 0 Å². The second kappa shape index (κ2) is 8.60. The average Bonchev–Trinajstić information content (AvgIpc) is 3.06. The Morgan fingerprint density at radius 3 is 2.54 bits per heavy atom. The van der Waals surface area contributed by atoms with Gasteiger partial charge in [-0.05, 0) is 42.5 Å². The predicted molar refractivity (Wildman–Crippen MR) is 113 cm³/mol. The number of halogens is 2. The monoisotopic (exact) mass is 434 g/mol. The molecular weight excluding hydrogens is 419 g/mol. The Bertz CT molecular complexity index is 1080. The number of nitrogens with zero attached hydrogens (tertiary/aromatic N) is 2. The number of carbonyl (C=O) groups excluding carboxylic acids is 2. The van der Waals surface area contributed by atoms with Crippen LogP contribution in [0, 0.1) is 4.77 Å². The molecule has 1 aromatic heterocycles. The molecule has 2 amide bonds. The third-order valence-electron chi connectivity index (χ3n) is 3.94. The number of amides is 2. The molecule has 2 aromatic carbocycles. The number of aromatic nitrogens is 2. The normalized spacial score (nSPS) is 10.5. The summed E-state index contributed by atoms with van der Waals surface area (Å²) in [5.74, 6) is -0.713. The van der Waals surface area contributed by atoms with E-state index in [1.54, 1.807) is 29.8 Å². The molecule has 0 aliphatic heterocycles. The van der Waals surface area contributed by atoms with Crippen molar-refractivity contribution in [3.8, 4) is 5.69 Å². The van der Waals surface area contributed by atoms with Crippen molar-refractivity contribution in [1.82, 2.24) is 14.5 Å². The third kappa shape index (κ3) is 4.44. The van der Waals surface area contributed by atoms with Gasteiger partial charge in [0, 0.05) is 24.6 Å². The van der Waals surface area contributed by atoms with Gasteiger partial charge in [0.1, 0.15) is 5.69 Å². The number of carbonyl (C=O) groups is 2. The molecule has 9 heteroatoms. The van der Waals surface area contributed by atoms with Crippen LogP contribution in [0.25, 0.3) is 5.69 Å². The van der Waals surface area contributed by atoms with E-state index in [0.717, 1.165) is 5.69 Å². The van der Waals surface area contributed by atoms with E-state index in [9.17, 15) is 9.59 Å². The van der Waals surface area contributed by atoms with E-state index in [0.29, 0.717) is 26.2 Å². The molecule has 0 saturated heterocycles. The molecule has 0 spiro atoms. The molecule has 0 fully saturated rings. The van der Waals surface area contributed by atoms with Crippen LogP contribution in [-0.2, 0) is 4.79 Å². The summed E-state index contributed by atoms with van der Waals surface area (Å²) < 4.78 is 2.02. The van der Waals surface area contributed by atoms with Gasteiger partial charge in [-0.15, -0.1) is 0 Å². The van der Waals surface area contributed by atoms with Crippen molar-refractivity contribution in [3.63, 3.8) is 0 Å². The van der Waals surface area contributed by atoms with E-state index >= 15 is 0 Å². The summed E-state index contributed by atoms with van der Waals surface area (Å²) in [7, 11) is 1.54. The minimum Gasteiger partial charge on any atom is -0.336 e. The molecule has 144 valence electrons. The van der Waals surface area contributed by atoms with E-state index in [4.69, 9.17) is 35.4 Å². The quantitative estimate of drug-likeness (QED) is 0.578. The summed E-state index contributed by atoms with van der Waals surface area (Å²) in [6.45, 7) is -0.147. The zero-order valence-corrected chi connectivity index (χ0v) is 17.1. The average molecular weight is 435 g/mol. The molecule has 0 aliphatic rings. The minimum absolute atomic E-state index is 0.147. The van der Waals surface area contributed by atoms with Crippen LogP contribution in [0.1, 0.15) is 10.5 Å². The SMILES string of the molecule is CN(CC(=O)Nc1ccc(Cl)c(Cl)c1)C(=O)c1c[nH]c(=S)n1-c1ccccc1. The summed E-state index contributed by atoms with van der Waals surface area (Å²) in [6, 6.07) is 14.0. The molecule has 6 nitrogen and oxygen atoms in total. The first-order chi connectivity index (χ1) is 13.4. The van der Waals surface area contributed by atoms with Crippen LogP contribution in [-0.4, -0.2) is 39.9 Å². The van der Waals surface area contributed by atoms with E-state index in [1.165, 1.54) is 11.1 Å². The lowest BCUT2D eigenvalue weighted by Gasteiger charge is -2.18. The summed E-state index contributed by atoms with van der Waals surface area (Å²) >= 11 is 17.1. The highest BCUT2D eigenvalue weighted by Crippen LogP contribution is 2.25. The van der Waals surface area contributed by atoms with Gasteiger partial charge in [-0.3, -0.25) is 14.2 Å².